The molecule has 0 spiro atoms. The van der Waals surface area contributed by atoms with Crippen LogP contribution in [-0.4, -0.2) is 5.11 Å². The summed E-state index contributed by atoms with van der Waals surface area (Å²) in [6.45, 7) is 0.565. The minimum absolute atomic E-state index is 0.0796. The third kappa shape index (κ3) is 2.51. The molecule has 0 bridgehead atoms. The van der Waals surface area contributed by atoms with Crippen molar-refractivity contribution in [1.82, 2.24) is 0 Å². The molecule has 0 fully saturated rings. The molecule has 0 atom stereocenters. The molecule has 4 heteroatoms. The van der Waals surface area contributed by atoms with Gasteiger partial charge in [-0.25, -0.2) is 0 Å². The minimum Gasteiger partial charge on any atom is -0.506 e. The fourth-order valence-electron chi connectivity index (χ4n) is 1.93. The fraction of sp³-hybridized carbons (Fsp3) is 0.0667. The highest BCUT2D eigenvalue weighted by Crippen LogP contribution is 2.26. The first-order valence-corrected chi connectivity index (χ1v) is 6.30. The van der Waals surface area contributed by atoms with Crippen LogP contribution in [0.3, 0.4) is 0 Å². The SMILES string of the molecule is Oc1ccc(NCc2cc3ccccc3o2)cc1Cl. The van der Waals surface area contributed by atoms with Crippen LogP contribution >= 0.6 is 11.6 Å². The molecule has 0 aliphatic heterocycles. The summed E-state index contributed by atoms with van der Waals surface area (Å²) in [6.07, 6.45) is 0. The summed E-state index contributed by atoms with van der Waals surface area (Å²) in [5.41, 5.74) is 1.71. The van der Waals surface area contributed by atoms with Crippen LogP contribution in [0.5, 0.6) is 5.75 Å². The van der Waals surface area contributed by atoms with Gasteiger partial charge in [-0.3, -0.25) is 0 Å². The van der Waals surface area contributed by atoms with Crippen molar-refractivity contribution in [1.29, 1.82) is 0 Å². The molecular weight excluding hydrogens is 262 g/mol. The number of anilines is 1. The number of para-hydroxylation sites is 1. The van der Waals surface area contributed by atoms with Crippen LogP contribution < -0.4 is 5.32 Å². The van der Waals surface area contributed by atoms with Gasteiger partial charge in [-0.15, -0.1) is 0 Å². The van der Waals surface area contributed by atoms with E-state index < -0.39 is 0 Å². The molecular formula is C15H12ClNO2. The Bertz CT molecular complexity index is 688. The van der Waals surface area contributed by atoms with E-state index in [2.05, 4.69) is 5.32 Å². The summed E-state index contributed by atoms with van der Waals surface area (Å²) < 4.78 is 5.70. The van der Waals surface area contributed by atoms with Crippen molar-refractivity contribution < 1.29 is 9.52 Å². The summed E-state index contributed by atoms with van der Waals surface area (Å²) >= 11 is 5.85. The number of benzene rings is 2. The van der Waals surface area contributed by atoms with E-state index in [1.165, 1.54) is 0 Å². The predicted molar refractivity (Wildman–Crippen MR) is 76.7 cm³/mol. The number of phenolic OH excluding ortho intramolecular Hbond substituents is 1. The summed E-state index contributed by atoms with van der Waals surface area (Å²) in [4.78, 5) is 0. The Morgan fingerprint density at radius 3 is 2.74 bits per heavy atom. The van der Waals surface area contributed by atoms with E-state index in [1.807, 2.05) is 30.3 Å². The van der Waals surface area contributed by atoms with Crippen LogP contribution in [0.2, 0.25) is 5.02 Å². The zero-order valence-corrected chi connectivity index (χ0v) is 10.8. The van der Waals surface area contributed by atoms with Crippen molar-refractivity contribution >= 4 is 28.3 Å². The van der Waals surface area contributed by atoms with E-state index in [1.54, 1.807) is 18.2 Å². The summed E-state index contributed by atoms with van der Waals surface area (Å²) in [5, 5.41) is 14.0. The Kier molecular flexibility index (Phi) is 3.05. The average Bonchev–Trinajstić information content (AvgIpc) is 2.83. The van der Waals surface area contributed by atoms with Crippen molar-refractivity contribution in [2.75, 3.05) is 5.32 Å². The number of furan rings is 1. The summed E-state index contributed by atoms with van der Waals surface area (Å²) in [6, 6.07) is 14.9. The lowest BCUT2D eigenvalue weighted by atomic mass is 10.2. The van der Waals surface area contributed by atoms with Crippen molar-refractivity contribution in [3.05, 3.63) is 59.3 Å². The van der Waals surface area contributed by atoms with Crippen molar-refractivity contribution in [3.63, 3.8) is 0 Å². The Balaban J connectivity index is 1.76. The molecule has 0 radical (unpaired) electrons. The van der Waals surface area contributed by atoms with Crippen LogP contribution in [0.15, 0.2) is 52.9 Å². The molecule has 3 rings (SSSR count). The Labute approximate surface area is 115 Å². The molecule has 0 aliphatic carbocycles. The van der Waals surface area contributed by atoms with Gasteiger partial charge in [0.2, 0.25) is 0 Å². The Morgan fingerprint density at radius 2 is 1.95 bits per heavy atom. The maximum atomic E-state index is 9.35. The van der Waals surface area contributed by atoms with Gasteiger partial charge in [0.05, 0.1) is 11.6 Å². The molecule has 3 aromatic rings. The number of aromatic hydroxyl groups is 1. The van der Waals surface area contributed by atoms with Crippen LogP contribution in [0, 0.1) is 0 Å². The third-order valence-electron chi connectivity index (χ3n) is 2.89. The Hall–Kier alpha value is -2.13. The summed E-state index contributed by atoms with van der Waals surface area (Å²) in [7, 11) is 0. The molecule has 0 aliphatic rings. The standard InChI is InChI=1S/C15H12ClNO2/c16-13-8-11(5-6-14(13)18)17-9-12-7-10-3-1-2-4-15(10)19-12/h1-8,17-18H,9H2. The molecule has 96 valence electrons. The van der Waals surface area contributed by atoms with Crippen molar-refractivity contribution in [2.24, 2.45) is 0 Å². The average molecular weight is 274 g/mol. The lowest BCUT2D eigenvalue weighted by Crippen LogP contribution is -1.97. The number of fused-ring (bicyclic) bond motifs is 1. The Morgan fingerprint density at radius 1 is 1.11 bits per heavy atom. The lowest BCUT2D eigenvalue weighted by molar-refractivity contribution is 0.475. The highest BCUT2D eigenvalue weighted by Gasteiger charge is 2.04. The fourth-order valence-corrected chi connectivity index (χ4v) is 2.11. The monoisotopic (exact) mass is 273 g/mol. The third-order valence-corrected chi connectivity index (χ3v) is 3.19. The first-order valence-electron chi connectivity index (χ1n) is 5.92. The zero-order chi connectivity index (χ0) is 13.2. The number of phenols is 1. The first-order chi connectivity index (χ1) is 9.22. The van der Waals surface area contributed by atoms with Crippen LogP contribution in [0.25, 0.3) is 11.0 Å². The number of nitrogens with one attached hydrogen (secondary N) is 1. The molecule has 2 N–H and O–H groups in total. The lowest BCUT2D eigenvalue weighted by Gasteiger charge is -2.05. The van der Waals surface area contributed by atoms with Crippen molar-refractivity contribution in [3.8, 4) is 5.75 Å². The van der Waals surface area contributed by atoms with Gasteiger partial charge in [0, 0.05) is 11.1 Å². The van der Waals surface area contributed by atoms with Gasteiger partial charge in [0.1, 0.15) is 17.1 Å². The largest absolute Gasteiger partial charge is 0.506 e. The molecule has 2 aromatic carbocycles. The number of rotatable bonds is 3. The second kappa shape index (κ2) is 4.86. The molecule has 0 saturated carbocycles. The molecule has 0 saturated heterocycles. The van der Waals surface area contributed by atoms with Gasteiger partial charge in [-0.2, -0.15) is 0 Å². The van der Waals surface area contributed by atoms with Crippen LogP contribution in [0.4, 0.5) is 5.69 Å². The van der Waals surface area contributed by atoms with Gasteiger partial charge in [0.15, 0.2) is 0 Å². The molecule has 1 heterocycles. The van der Waals surface area contributed by atoms with Gasteiger partial charge in [-0.1, -0.05) is 29.8 Å². The van der Waals surface area contributed by atoms with E-state index >= 15 is 0 Å². The predicted octanol–water partition coefficient (Wildman–Crippen LogP) is 4.40. The smallest absolute Gasteiger partial charge is 0.134 e. The highest BCUT2D eigenvalue weighted by atomic mass is 35.5. The van der Waals surface area contributed by atoms with E-state index in [4.69, 9.17) is 16.0 Å². The zero-order valence-electron chi connectivity index (χ0n) is 10.1. The maximum Gasteiger partial charge on any atom is 0.134 e. The molecule has 3 nitrogen and oxygen atoms in total. The summed E-state index contributed by atoms with van der Waals surface area (Å²) in [5.74, 6) is 0.932. The number of hydrogen-bond donors (Lipinski definition) is 2. The van der Waals surface area contributed by atoms with E-state index in [0.29, 0.717) is 11.6 Å². The molecule has 1 aromatic heterocycles. The van der Waals surface area contributed by atoms with E-state index in [-0.39, 0.29) is 5.75 Å². The van der Waals surface area contributed by atoms with E-state index in [0.717, 1.165) is 22.4 Å². The highest BCUT2D eigenvalue weighted by molar-refractivity contribution is 6.32. The second-order valence-corrected chi connectivity index (χ2v) is 4.68. The molecule has 19 heavy (non-hydrogen) atoms. The maximum absolute atomic E-state index is 9.35. The van der Waals surface area contributed by atoms with Crippen molar-refractivity contribution in [2.45, 2.75) is 6.54 Å². The minimum atomic E-state index is 0.0796. The van der Waals surface area contributed by atoms with Gasteiger partial charge in [0.25, 0.3) is 0 Å². The van der Waals surface area contributed by atoms with E-state index in [9.17, 15) is 5.11 Å². The number of hydrogen-bond acceptors (Lipinski definition) is 3. The quantitative estimate of drug-likeness (QED) is 0.695. The van der Waals surface area contributed by atoms with Gasteiger partial charge < -0.3 is 14.8 Å². The number of halogens is 1. The topological polar surface area (TPSA) is 45.4 Å². The first kappa shape index (κ1) is 11.9. The van der Waals surface area contributed by atoms with Crippen LogP contribution in [-0.2, 0) is 6.54 Å². The van der Waals surface area contributed by atoms with Gasteiger partial charge >= 0.3 is 0 Å². The normalized spacial score (nSPS) is 10.8. The molecule has 0 amide bonds. The second-order valence-electron chi connectivity index (χ2n) is 4.27. The van der Waals surface area contributed by atoms with Crippen LogP contribution in [0.1, 0.15) is 5.76 Å². The van der Waals surface area contributed by atoms with Gasteiger partial charge in [-0.05, 0) is 30.3 Å². The molecule has 0 unspecified atom stereocenters.